The summed E-state index contributed by atoms with van der Waals surface area (Å²) < 4.78 is 5.73. The number of nitrogens with one attached hydrogen (secondary N) is 1. The van der Waals surface area contributed by atoms with Crippen LogP contribution in [0.5, 0.6) is 0 Å². The van der Waals surface area contributed by atoms with Gasteiger partial charge >= 0.3 is 6.09 Å². The number of benzene rings is 2. The molecule has 1 aliphatic heterocycles. The van der Waals surface area contributed by atoms with E-state index >= 15 is 0 Å². The fraction of sp³-hybridized carbons (Fsp3) is 0.458. The van der Waals surface area contributed by atoms with Crippen LogP contribution in [0.1, 0.15) is 44.2 Å². The van der Waals surface area contributed by atoms with Gasteiger partial charge in [-0.25, -0.2) is 4.79 Å². The van der Waals surface area contributed by atoms with Crippen molar-refractivity contribution in [3.05, 3.63) is 71.8 Å². The Morgan fingerprint density at radius 3 is 2.00 bits per heavy atom. The minimum Gasteiger partial charge on any atom is -0.444 e. The summed E-state index contributed by atoms with van der Waals surface area (Å²) in [6.07, 6.45) is 0.787. The van der Waals surface area contributed by atoms with Crippen LogP contribution in [0.3, 0.4) is 0 Å². The Hall–Kier alpha value is -2.33. The van der Waals surface area contributed by atoms with Crippen molar-refractivity contribution in [1.82, 2.24) is 10.2 Å². The summed E-state index contributed by atoms with van der Waals surface area (Å²) >= 11 is 0. The second-order valence-corrected chi connectivity index (χ2v) is 8.63. The molecule has 1 fully saturated rings. The number of hydrogen-bond donors (Lipinski definition) is 1. The SMILES string of the molecule is CN(C(=O)OC(C)(C)C)C(C1CCNC1)C(c1ccccc1)c1ccccc1. The van der Waals surface area contributed by atoms with Crippen molar-refractivity contribution in [3.8, 4) is 0 Å². The van der Waals surface area contributed by atoms with E-state index in [1.807, 2.05) is 44.9 Å². The van der Waals surface area contributed by atoms with Gasteiger partial charge in [-0.1, -0.05) is 60.7 Å². The smallest absolute Gasteiger partial charge is 0.410 e. The van der Waals surface area contributed by atoms with Gasteiger partial charge in [-0.3, -0.25) is 0 Å². The molecule has 0 bridgehead atoms. The van der Waals surface area contributed by atoms with Crippen molar-refractivity contribution in [2.45, 2.75) is 44.8 Å². The summed E-state index contributed by atoms with van der Waals surface area (Å²) in [4.78, 5) is 14.8. The second-order valence-electron chi connectivity index (χ2n) is 8.63. The van der Waals surface area contributed by atoms with Gasteiger partial charge in [0.05, 0.1) is 0 Å². The zero-order chi connectivity index (χ0) is 20.1. The Morgan fingerprint density at radius 2 is 1.57 bits per heavy atom. The number of ether oxygens (including phenoxy) is 1. The molecule has 1 amide bonds. The molecule has 4 nitrogen and oxygen atoms in total. The zero-order valence-corrected chi connectivity index (χ0v) is 17.4. The number of carbonyl (C=O) groups is 1. The number of carbonyl (C=O) groups excluding carboxylic acids is 1. The third-order valence-corrected chi connectivity index (χ3v) is 5.37. The molecule has 0 radical (unpaired) electrons. The van der Waals surface area contributed by atoms with Crippen molar-refractivity contribution in [2.24, 2.45) is 5.92 Å². The third kappa shape index (κ3) is 4.93. The minimum absolute atomic E-state index is 0.00894. The number of likely N-dealkylation sites (N-methyl/N-ethyl adjacent to an activating group) is 1. The maximum Gasteiger partial charge on any atom is 0.410 e. The fourth-order valence-electron chi connectivity index (χ4n) is 4.14. The van der Waals surface area contributed by atoms with Gasteiger partial charge in [0, 0.05) is 19.0 Å². The second kappa shape index (κ2) is 8.78. The van der Waals surface area contributed by atoms with Crippen LogP contribution in [0.25, 0.3) is 0 Å². The minimum atomic E-state index is -0.515. The van der Waals surface area contributed by atoms with Crippen LogP contribution >= 0.6 is 0 Å². The van der Waals surface area contributed by atoms with Gasteiger partial charge in [0.15, 0.2) is 0 Å². The summed E-state index contributed by atoms with van der Waals surface area (Å²) in [7, 11) is 1.88. The van der Waals surface area contributed by atoms with Crippen molar-refractivity contribution < 1.29 is 9.53 Å². The third-order valence-electron chi connectivity index (χ3n) is 5.37. The summed E-state index contributed by atoms with van der Waals surface area (Å²) in [5.41, 5.74) is 1.93. The Balaban J connectivity index is 2.03. The average molecular weight is 381 g/mol. The van der Waals surface area contributed by atoms with Crippen LogP contribution in [0.15, 0.2) is 60.7 Å². The van der Waals surface area contributed by atoms with E-state index in [1.54, 1.807) is 0 Å². The van der Waals surface area contributed by atoms with E-state index in [4.69, 9.17) is 4.74 Å². The van der Waals surface area contributed by atoms with Crippen molar-refractivity contribution in [1.29, 1.82) is 0 Å². The monoisotopic (exact) mass is 380 g/mol. The average Bonchev–Trinajstić information content (AvgIpc) is 3.20. The topological polar surface area (TPSA) is 41.6 Å². The lowest BCUT2D eigenvalue weighted by molar-refractivity contribution is 0.0152. The van der Waals surface area contributed by atoms with Gasteiger partial charge in [-0.05, 0) is 57.3 Å². The van der Waals surface area contributed by atoms with Gasteiger partial charge in [0.2, 0.25) is 0 Å². The number of nitrogens with zero attached hydrogens (tertiary/aromatic N) is 1. The molecule has 3 rings (SSSR count). The van der Waals surface area contributed by atoms with Gasteiger partial charge in [0.1, 0.15) is 5.60 Å². The van der Waals surface area contributed by atoms with E-state index < -0.39 is 5.60 Å². The highest BCUT2D eigenvalue weighted by Crippen LogP contribution is 2.36. The maximum atomic E-state index is 13.0. The van der Waals surface area contributed by atoms with Crippen molar-refractivity contribution in [2.75, 3.05) is 20.1 Å². The van der Waals surface area contributed by atoms with E-state index in [0.717, 1.165) is 19.5 Å². The quantitative estimate of drug-likeness (QED) is 0.820. The van der Waals surface area contributed by atoms with Crippen LogP contribution in [0.4, 0.5) is 4.79 Å². The van der Waals surface area contributed by atoms with E-state index in [1.165, 1.54) is 11.1 Å². The molecule has 0 aliphatic carbocycles. The molecule has 2 unspecified atom stereocenters. The molecule has 2 aromatic carbocycles. The molecule has 2 aromatic rings. The molecule has 0 spiro atoms. The molecule has 1 N–H and O–H groups in total. The lowest BCUT2D eigenvalue weighted by Gasteiger charge is -2.39. The van der Waals surface area contributed by atoms with E-state index in [2.05, 4.69) is 53.8 Å². The highest BCUT2D eigenvalue weighted by Gasteiger charge is 2.39. The predicted octanol–water partition coefficient (Wildman–Crippen LogP) is 4.66. The lowest BCUT2D eigenvalue weighted by atomic mass is 9.78. The molecule has 1 aliphatic rings. The van der Waals surface area contributed by atoms with Crippen molar-refractivity contribution >= 4 is 6.09 Å². The summed E-state index contributed by atoms with van der Waals surface area (Å²) in [6, 6.07) is 21.0. The molecule has 28 heavy (non-hydrogen) atoms. The molecule has 0 saturated carbocycles. The Labute approximate surface area is 168 Å². The first-order valence-corrected chi connectivity index (χ1v) is 10.1. The lowest BCUT2D eigenvalue weighted by Crippen LogP contribution is -2.48. The number of hydrogen-bond acceptors (Lipinski definition) is 3. The highest BCUT2D eigenvalue weighted by molar-refractivity contribution is 5.68. The number of amides is 1. The van der Waals surface area contributed by atoms with E-state index in [0.29, 0.717) is 5.92 Å². The molecular weight excluding hydrogens is 348 g/mol. The Bertz CT molecular complexity index is 710. The first-order chi connectivity index (χ1) is 13.4. The Morgan fingerprint density at radius 1 is 1.04 bits per heavy atom. The first-order valence-electron chi connectivity index (χ1n) is 10.1. The van der Waals surface area contributed by atoms with Crippen LogP contribution in [0, 0.1) is 5.92 Å². The molecular formula is C24H32N2O2. The van der Waals surface area contributed by atoms with Gasteiger partial charge in [0.25, 0.3) is 0 Å². The first kappa shape index (κ1) is 20.4. The summed E-state index contributed by atoms with van der Waals surface area (Å²) in [6.45, 7) is 7.64. The molecule has 0 aromatic heterocycles. The van der Waals surface area contributed by atoms with Crippen LogP contribution in [0.2, 0.25) is 0 Å². The zero-order valence-electron chi connectivity index (χ0n) is 17.4. The summed E-state index contributed by atoms with van der Waals surface area (Å²) in [5, 5.41) is 3.47. The standard InChI is InChI=1S/C24H32N2O2/c1-24(2,3)28-23(27)26(4)22(20-15-16-25-17-20)21(18-11-7-5-8-12-18)19-13-9-6-10-14-19/h5-14,20-22,25H,15-17H2,1-4H3. The van der Waals surface area contributed by atoms with Crippen molar-refractivity contribution in [3.63, 3.8) is 0 Å². The molecule has 150 valence electrons. The van der Waals surface area contributed by atoms with Crippen LogP contribution in [-0.4, -0.2) is 42.8 Å². The van der Waals surface area contributed by atoms with Gasteiger partial charge in [-0.15, -0.1) is 0 Å². The summed E-state index contributed by atoms with van der Waals surface area (Å²) in [5.74, 6) is 0.452. The predicted molar refractivity (Wildman–Crippen MR) is 113 cm³/mol. The fourth-order valence-corrected chi connectivity index (χ4v) is 4.14. The molecule has 1 saturated heterocycles. The molecule has 4 heteroatoms. The van der Waals surface area contributed by atoms with E-state index in [-0.39, 0.29) is 18.1 Å². The van der Waals surface area contributed by atoms with Crippen LogP contribution in [-0.2, 0) is 4.74 Å². The highest BCUT2D eigenvalue weighted by atomic mass is 16.6. The normalized spacial score (nSPS) is 18.1. The number of rotatable bonds is 5. The molecule has 2 atom stereocenters. The Kier molecular flexibility index (Phi) is 6.40. The largest absolute Gasteiger partial charge is 0.444 e. The van der Waals surface area contributed by atoms with Gasteiger partial charge in [-0.2, -0.15) is 0 Å². The van der Waals surface area contributed by atoms with Crippen LogP contribution < -0.4 is 5.32 Å². The maximum absolute atomic E-state index is 13.0. The van der Waals surface area contributed by atoms with E-state index in [9.17, 15) is 4.79 Å². The molecule has 1 heterocycles. The van der Waals surface area contributed by atoms with Gasteiger partial charge < -0.3 is 15.0 Å².